The maximum absolute atomic E-state index is 13.5. The van der Waals surface area contributed by atoms with Crippen molar-refractivity contribution in [2.24, 2.45) is 0 Å². The van der Waals surface area contributed by atoms with Gasteiger partial charge in [-0.25, -0.2) is 9.37 Å². The number of pyridine rings is 1. The number of nitrogens with one attached hydrogen (secondary N) is 2. The highest BCUT2D eigenvalue weighted by Crippen LogP contribution is 2.31. The molecule has 0 spiro atoms. The van der Waals surface area contributed by atoms with E-state index in [1.807, 2.05) is 41.7 Å². The molecule has 1 aliphatic heterocycles. The van der Waals surface area contributed by atoms with Gasteiger partial charge in [0.2, 0.25) is 0 Å². The summed E-state index contributed by atoms with van der Waals surface area (Å²) < 4.78 is 17.4. The summed E-state index contributed by atoms with van der Waals surface area (Å²) in [5.41, 5.74) is 5.83. The van der Waals surface area contributed by atoms with E-state index >= 15 is 0 Å². The summed E-state index contributed by atoms with van der Waals surface area (Å²) in [7, 11) is 0. The number of aromatic amines is 1. The van der Waals surface area contributed by atoms with Gasteiger partial charge in [0, 0.05) is 52.4 Å². The van der Waals surface area contributed by atoms with Crippen molar-refractivity contribution in [1.29, 1.82) is 0 Å². The minimum atomic E-state index is -0.237. The van der Waals surface area contributed by atoms with Gasteiger partial charge in [-0.3, -0.25) is 9.36 Å². The standard InChI is InChI=1S/C25H24FN7.ClH/c26-21-3-1-2-17(8-21)14-32-15-20(12-30-32)24-13-29-25-23(24)9-18(10-28-25)19-11-31-33(16-19)22-4-6-27-7-5-22;/h1-3,8-13,15-16,22,27H,4-7,14H2,(H,28,29);1H. The molecule has 0 atom stereocenters. The van der Waals surface area contributed by atoms with E-state index < -0.39 is 0 Å². The van der Waals surface area contributed by atoms with E-state index in [9.17, 15) is 4.39 Å². The van der Waals surface area contributed by atoms with E-state index in [0.29, 0.717) is 12.6 Å². The Balaban J connectivity index is 0.00000241. The normalized spacial score (nSPS) is 14.4. The molecule has 0 saturated carbocycles. The number of hydrogen-bond donors (Lipinski definition) is 2. The highest BCUT2D eigenvalue weighted by molar-refractivity contribution is 5.95. The maximum Gasteiger partial charge on any atom is 0.137 e. The molecule has 5 aromatic rings. The van der Waals surface area contributed by atoms with E-state index in [2.05, 4.69) is 42.4 Å². The van der Waals surface area contributed by atoms with Crippen LogP contribution in [-0.4, -0.2) is 42.6 Å². The van der Waals surface area contributed by atoms with Crippen LogP contribution in [0.4, 0.5) is 4.39 Å². The van der Waals surface area contributed by atoms with E-state index in [-0.39, 0.29) is 18.2 Å². The Hall–Kier alpha value is -3.49. The third kappa shape index (κ3) is 4.34. The van der Waals surface area contributed by atoms with Crippen molar-refractivity contribution in [3.63, 3.8) is 0 Å². The zero-order chi connectivity index (χ0) is 22.2. The van der Waals surface area contributed by atoms with Crippen LogP contribution in [0, 0.1) is 5.82 Å². The van der Waals surface area contributed by atoms with Gasteiger partial charge >= 0.3 is 0 Å². The molecule has 0 radical (unpaired) electrons. The van der Waals surface area contributed by atoms with Crippen LogP contribution >= 0.6 is 12.4 Å². The number of fused-ring (bicyclic) bond motifs is 1. The first kappa shape index (κ1) is 22.3. The Morgan fingerprint density at radius 3 is 2.68 bits per heavy atom. The Labute approximate surface area is 202 Å². The van der Waals surface area contributed by atoms with Crippen molar-refractivity contribution in [2.75, 3.05) is 13.1 Å². The summed E-state index contributed by atoms with van der Waals surface area (Å²) in [4.78, 5) is 7.90. The second kappa shape index (κ2) is 9.40. The molecule has 6 rings (SSSR count). The third-order valence-electron chi connectivity index (χ3n) is 6.33. The fourth-order valence-corrected chi connectivity index (χ4v) is 4.57. The largest absolute Gasteiger partial charge is 0.346 e. The Morgan fingerprint density at radius 1 is 0.971 bits per heavy atom. The van der Waals surface area contributed by atoms with Gasteiger partial charge in [0.25, 0.3) is 0 Å². The summed E-state index contributed by atoms with van der Waals surface area (Å²) in [5, 5.41) is 13.5. The first-order chi connectivity index (χ1) is 16.2. The topological polar surface area (TPSA) is 76.3 Å². The monoisotopic (exact) mass is 477 g/mol. The highest BCUT2D eigenvalue weighted by atomic mass is 35.5. The lowest BCUT2D eigenvalue weighted by molar-refractivity contribution is 0.343. The van der Waals surface area contributed by atoms with Gasteiger partial charge in [0.1, 0.15) is 11.5 Å². The lowest BCUT2D eigenvalue weighted by Gasteiger charge is -2.22. The lowest BCUT2D eigenvalue weighted by atomic mass is 10.1. The summed E-state index contributed by atoms with van der Waals surface area (Å²) >= 11 is 0. The van der Waals surface area contributed by atoms with Crippen LogP contribution in [0.25, 0.3) is 33.3 Å². The number of hydrogen-bond acceptors (Lipinski definition) is 4. The number of halogens is 2. The fraction of sp³-hybridized carbons (Fsp3) is 0.240. The summed E-state index contributed by atoms with van der Waals surface area (Å²) in [6.45, 7) is 2.58. The first-order valence-electron chi connectivity index (χ1n) is 11.2. The molecule has 174 valence electrons. The van der Waals surface area contributed by atoms with Crippen molar-refractivity contribution in [1.82, 2.24) is 34.8 Å². The molecule has 5 heterocycles. The number of aromatic nitrogens is 6. The lowest BCUT2D eigenvalue weighted by Crippen LogP contribution is -2.29. The van der Waals surface area contributed by atoms with E-state index in [1.165, 1.54) is 12.1 Å². The van der Waals surface area contributed by atoms with Gasteiger partial charge in [-0.2, -0.15) is 10.2 Å². The summed E-state index contributed by atoms with van der Waals surface area (Å²) in [6, 6.07) is 9.20. The van der Waals surface area contributed by atoms with Crippen LogP contribution in [0.2, 0.25) is 0 Å². The highest BCUT2D eigenvalue weighted by Gasteiger charge is 2.17. The van der Waals surface area contributed by atoms with Gasteiger partial charge in [-0.1, -0.05) is 12.1 Å². The number of nitrogens with zero attached hydrogens (tertiary/aromatic N) is 5. The molecule has 4 aromatic heterocycles. The molecule has 0 aliphatic carbocycles. The second-order valence-corrected chi connectivity index (χ2v) is 8.57. The van der Waals surface area contributed by atoms with Gasteiger partial charge in [-0.15, -0.1) is 12.4 Å². The Bertz CT molecular complexity index is 1410. The minimum absolute atomic E-state index is 0. The quantitative estimate of drug-likeness (QED) is 0.380. The number of benzene rings is 1. The Kier molecular flexibility index (Phi) is 6.17. The molecular weight excluding hydrogens is 453 g/mol. The zero-order valence-corrected chi connectivity index (χ0v) is 19.3. The van der Waals surface area contributed by atoms with Crippen molar-refractivity contribution in [2.45, 2.75) is 25.4 Å². The van der Waals surface area contributed by atoms with Crippen LogP contribution in [0.1, 0.15) is 24.4 Å². The maximum atomic E-state index is 13.5. The molecule has 7 nitrogen and oxygen atoms in total. The van der Waals surface area contributed by atoms with E-state index in [4.69, 9.17) is 0 Å². The average molecular weight is 478 g/mol. The molecule has 1 aliphatic rings. The molecule has 0 bridgehead atoms. The van der Waals surface area contributed by atoms with Crippen LogP contribution < -0.4 is 5.32 Å². The average Bonchev–Trinajstić information content (AvgIpc) is 3.59. The van der Waals surface area contributed by atoms with Gasteiger partial charge in [0.15, 0.2) is 0 Å². The third-order valence-corrected chi connectivity index (χ3v) is 6.33. The van der Waals surface area contributed by atoms with Crippen LogP contribution in [-0.2, 0) is 6.54 Å². The smallest absolute Gasteiger partial charge is 0.137 e. The minimum Gasteiger partial charge on any atom is -0.346 e. The molecule has 0 unspecified atom stereocenters. The molecule has 1 saturated heterocycles. The van der Waals surface area contributed by atoms with E-state index in [1.54, 1.807) is 6.07 Å². The Morgan fingerprint density at radius 2 is 1.82 bits per heavy atom. The van der Waals surface area contributed by atoms with Crippen LogP contribution in [0.15, 0.2) is 67.5 Å². The molecule has 0 amide bonds. The van der Waals surface area contributed by atoms with E-state index in [0.717, 1.165) is 64.8 Å². The van der Waals surface area contributed by atoms with Crippen molar-refractivity contribution >= 4 is 23.4 Å². The second-order valence-electron chi connectivity index (χ2n) is 8.57. The summed E-state index contributed by atoms with van der Waals surface area (Å²) in [6.07, 6.45) is 13.9. The van der Waals surface area contributed by atoms with Gasteiger partial charge in [0.05, 0.1) is 25.0 Å². The van der Waals surface area contributed by atoms with Crippen molar-refractivity contribution < 1.29 is 4.39 Å². The predicted octanol–water partition coefficient (Wildman–Crippen LogP) is 4.82. The molecule has 1 aromatic carbocycles. The molecule has 2 N–H and O–H groups in total. The first-order valence-corrected chi connectivity index (χ1v) is 11.2. The number of H-pyrrole nitrogens is 1. The fourth-order valence-electron chi connectivity index (χ4n) is 4.57. The SMILES string of the molecule is Cl.Fc1cccc(Cn2cc(-c3c[nH]c4ncc(-c5cnn(C6CCNCC6)c5)cc34)cn2)c1. The van der Waals surface area contributed by atoms with Crippen molar-refractivity contribution in [3.8, 4) is 22.3 Å². The molecule has 34 heavy (non-hydrogen) atoms. The summed E-state index contributed by atoms with van der Waals surface area (Å²) in [5.74, 6) is -0.237. The predicted molar refractivity (Wildman–Crippen MR) is 132 cm³/mol. The van der Waals surface area contributed by atoms with Crippen LogP contribution in [0.5, 0.6) is 0 Å². The van der Waals surface area contributed by atoms with Crippen LogP contribution in [0.3, 0.4) is 0 Å². The van der Waals surface area contributed by atoms with Gasteiger partial charge < -0.3 is 10.3 Å². The van der Waals surface area contributed by atoms with Gasteiger partial charge in [-0.05, 0) is 49.7 Å². The molecule has 9 heteroatoms. The van der Waals surface area contributed by atoms with Crippen molar-refractivity contribution in [3.05, 3.63) is 78.9 Å². The zero-order valence-electron chi connectivity index (χ0n) is 18.5. The molecular formula is C25H25ClFN7. The number of piperidine rings is 1. The molecule has 1 fully saturated rings. The number of rotatable bonds is 5.